The zero-order chi connectivity index (χ0) is 14.4. The van der Waals surface area contributed by atoms with Crippen LogP contribution in [0, 0.1) is 0 Å². The van der Waals surface area contributed by atoms with Crippen molar-refractivity contribution in [2.45, 2.75) is 6.92 Å². The third-order valence-corrected chi connectivity index (χ3v) is 5.70. The molecule has 124 valence electrons. The first-order chi connectivity index (χ1) is 8.10. The van der Waals surface area contributed by atoms with Crippen molar-refractivity contribution in [3.05, 3.63) is 12.3 Å². The predicted molar refractivity (Wildman–Crippen MR) is 69.4 cm³/mol. The van der Waals surface area contributed by atoms with Gasteiger partial charge in [0.25, 0.3) is 0 Å². The minimum Gasteiger partial charge on any atom is -0.412 e. The van der Waals surface area contributed by atoms with Gasteiger partial charge in [0.2, 0.25) is 0 Å². The molecule has 1 atom stereocenters. The van der Waals surface area contributed by atoms with Gasteiger partial charge in [0.1, 0.15) is 0 Å². The number of hydrogen-bond acceptors (Lipinski definition) is 10. The van der Waals surface area contributed by atoms with E-state index in [1.165, 1.54) is 13.0 Å². The summed E-state index contributed by atoms with van der Waals surface area (Å²) in [4.78, 5) is 17.1. The zero-order valence-corrected chi connectivity index (χ0v) is 13.8. The number of allylic oxidation sites excluding steroid dienone is 1. The molecule has 0 heterocycles. The molecule has 0 spiro atoms. The van der Waals surface area contributed by atoms with Crippen LogP contribution in [0.4, 0.5) is 0 Å². The number of phosphoric acid groups is 3. The van der Waals surface area contributed by atoms with E-state index < -0.39 is 23.5 Å². The van der Waals surface area contributed by atoms with Gasteiger partial charge in [0.05, 0.1) is 6.26 Å². The molecule has 8 N–H and O–H groups in total. The summed E-state index contributed by atoms with van der Waals surface area (Å²) in [5, 5.41) is 0. The van der Waals surface area contributed by atoms with Gasteiger partial charge in [-0.15, -0.1) is 0 Å². The van der Waals surface area contributed by atoms with Gasteiger partial charge in [-0.3, -0.25) is 9.05 Å². The average molecular weight is 360 g/mol. The van der Waals surface area contributed by atoms with E-state index in [0.717, 1.165) is 20.5 Å². The number of phosphoric ester groups is 1. The highest BCUT2D eigenvalue weighted by atomic mass is 31.3. The molecule has 0 saturated heterocycles. The molecule has 0 fully saturated rings. The van der Waals surface area contributed by atoms with Crippen molar-refractivity contribution in [3.8, 4) is 0 Å². The monoisotopic (exact) mass is 360 g/mol. The molecule has 0 rings (SSSR count). The minimum absolute atomic E-state index is 0. The van der Waals surface area contributed by atoms with E-state index in [4.69, 9.17) is 9.79 Å². The normalized spacial score (nSPS) is 15.1. The van der Waals surface area contributed by atoms with Crippen molar-refractivity contribution in [1.82, 2.24) is 12.3 Å². The zero-order valence-electron chi connectivity index (χ0n) is 11.1. The average Bonchev–Trinajstić information content (AvgIpc) is 2.23. The molecule has 0 aliphatic carbocycles. The van der Waals surface area contributed by atoms with E-state index in [-0.39, 0.29) is 12.3 Å². The Kier molecular flexibility index (Phi) is 12.2. The lowest BCUT2D eigenvalue weighted by Gasteiger charge is -2.19. The summed E-state index contributed by atoms with van der Waals surface area (Å²) >= 11 is 0. The Morgan fingerprint density at radius 3 is 1.65 bits per heavy atom. The van der Waals surface area contributed by atoms with Crippen LogP contribution in [-0.4, -0.2) is 24.0 Å². The fourth-order valence-corrected chi connectivity index (χ4v) is 4.25. The summed E-state index contributed by atoms with van der Waals surface area (Å²) < 4.78 is 55.0. The lowest BCUT2D eigenvalue weighted by molar-refractivity contribution is 0.170. The lowest BCUT2D eigenvalue weighted by atomic mass is 10.8. The van der Waals surface area contributed by atoms with Crippen molar-refractivity contribution in [2.24, 2.45) is 0 Å². The first kappa shape index (κ1) is 24.9. The smallest absolute Gasteiger partial charge is 0.412 e. The van der Waals surface area contributed by atoms with E-state index in [0.29, 0.717) is 0 Å². The Bertz CT molecular complexity index is 425. The molecule has 0 aromatic rings. The molecule has 0 aromatic heterocycles. The van der Waals surface area contributed by atoms with Gasteiger partial charge >= 0.3 is 23.5 Å². The maximum Gasteiger partial charge on any atom is 0.547 e. The molecule has 0 aliphatic heterocycles. The van der Waals surface area contributed by atoms with E-state index >= 15 is 0 Å². The van der Waals surface area contributed by atoms with Crippen molar-refractivity contribution >= 4 is 23.5 Å². The van der Waals surface area contributed by atoms with E-state index in [2.05, 4.69) is 22.2 Å². The maximum absolute atomic E-state index is 11.8. The molecule has 0 amide bonds. The fraction of sp³-hybridized carbons (Fsp3) is 0.600. The largest absolute Gasteiger partial charge is 0.547 e. The topological polar surface area (TPSA) is 208 Å². The van der Waals surface area contributed by atoms with E-state index in [9.17, 15) is 13.7 Å². The molecule has 12 nitrogen and oxygen atoms in total. The summed E-state index contributed by atoms with van der Waals surface area (Å²) in [6.45, 7) is 1.45. The summed E-state index contributed by atoms with van der Waals surface area (Å²) in [5.41, 5.74) is 0. The van der Waals surface area contributed by atoms with Gasteiger partial charge in [-0.25, -0.2) is 13.7 Å². The van der Waals surface area contributed by atoms with Crippen LogP contribution in [0.3, 0.4) is 0 Å². The van der Waals surface area contributed by atoms with Crippen LogP contribution in [0.25, 0.3) is 0 Å². The molecular formula is C5H19N2O10P3. The van der Waals surface area contributed by atoms with Gasteiger partial charge in [-0.05, 0) is 6.92 Å². The lowest BCUT2D eigenvalue weighted by Crippen LogP contribution is -1.98. The van der Waals surface area contributed by atoms with Gasteiger partial charge in [0.15, 0.2) is 0 Å². The van der Waals surface area contributed by atoms with Crippen molar-refractivity contribution in [1.29, 1.82) is 0 Å². The molecule has 0 aliphatic rings. The second-order valence-electron chi connectivity index (χ2n) is 2.49. The molecule has 0 saturated carbocycles. The quantitative estimate of drug-likeness (QED) is 0.363. The number of rotatable bonds is 8. The first-order valence-electron chi connectivity index (χ1n) is 4.19. The van der Waals surface area contributed by atoms with E-state index in [1.54, 1.807) is 0 Å². The fourth-order valence-electron chi connectivity index (χ4n) is 0.583. The van der Waals surface area contributed by atoms with Crippen LogP contribution in [0.15, 0.2) is 12.3 Å². The standard InChI is InChI=1S/C5H13O10P3.2H3N/c1-4-5-13-18(10,14-16(6,7)8)15-17(9,11-2)12-3;;/h4-5H,1-3H3,(H2,6,7,8);2*1H3. The highest BCUT2D eigenvalue weighted by Crippen LogP contribution is 2.70. The third-order valence-electron chi connectivity index (χ3n) is 1.18. The summed E-state index contributed by atoms with van der Waals surface area (Å²) in [6, 6.07) is 0. The van der Waals surface area contributed by atoms with Gasteiger partial charge in [0, 0.05) is 14.2 Å². The van der Waals surface area contributed by atoms with E-state index in [1.807, 2.05) is 0 Å². The van der Waals surface area contributed by atoms with Crippen LogP contribution in [0.1, 0.15) is 6.92 Å². The van der Waals surface area contributed by atoms with Crippen molar-refractivity contribution < 1.29 is 45.7 Å². The van der Waals surface area contributed by atoms with Gasteiger partial charge in [-0.1, -0.05) is 6.08 Å². The molecular weight excluding hydrogens is 341 g/mol. The molecule has 0 aromatic carbocycles. The van der Waals surface area contributed by atoms with Crippen LogP contribution in [0.2, 0.25) is 0 Å². The minimum atomic E-state index is -5.21. The van der Waals surface area contributed by atoms with Gasteiger partial charge < -0.3 is 26.6 Å². The first-order valence-corrected chi connectivity index (χ1v) is 8.64. The maximum atomic E-state index is 11.8. The van der Waals surface area contributed by atoms with Crippen LogP contribution in [-0.2, 0) is 35.9 Å². The number of hydrogen-bond donors (Lipinski definition) is 4. The van der Waals surface area contributed by atoms with Crippen molar-refractivity contribution in [2.75, 3.05) is 14.2 Å². The Morgan fingerprint density at radius 2 is 1.35 bits per heavy atom. The third kappa shape index (κ3) is 9.76. The van der Waals surface area contributed by atoms with Crippen LogP contribution in [0.5, 0.6) is 0 Å². The van der Waals surface area contributed by atoms with Crippen molar-refractivity contribution in [3.63, 3.8) is 0 Å². The van der Waals surface area contributed by atoms with Crippen LogP contribution < -0.4 is 12.3 Å². The molecule has 0 radical (unpaired) electrons. The molecule has 20 heavy (non-hydrogen) atoms. The highest BCUT2D eigenvalue weighted by molar-refractivity contribution is 7.67. The molecule has 15 heteroatoms. The highest BCUT2D eigenvalue weighted by Gasteiger charge is 2.44. The van der Waals surface area contributed by atoms with Gasteiger partial charge in [-0.2, -0.15) is 8.62 Å². The predicted octanol–water partition coefficient (Wildman–Crippen LogP) is 2.50. The SMILES string of the molecule is CC=COP(=O)(OP(=O)(O)O)OP(=O)(OC)OC.N.N. The summed E-state index contributed by atoms with van der Waals surface area (Å²) in [7, 11) is -12.6. The molecule has 0 bridgehead atoms. The Morgan fingerprint density at radius 1 is 0.900 bits per heavy atom. The summed E-state index contributed by atoms with van der Waals surface area (Å²) in [6.07, 6.45) is 2.00. The Hall–Kier alpha value is -0.0900. The molecule has 1 unspecified atom stereocenters. The Labute approximate surface area is 116 Å². The summed E-state index contributed by atoms with van der Waals surface area (Å²) in [5.74, 6) is 0. The Balaban J connectivity index is -0.00000144. The second kappa shape index (κ2) is 9.78. The second-order valence-corrected chi connectivity index (χ2v) is 7.51. The van der Waals surface area contributed by atoms with Crippen LogP contribution >= 0.6 is 23.5 Å².